The van der Waals surface area contributed by atoms with Crippen LogP contribution < -0.4 is 0 Å². The van der Waals surface area contributed by atoms with E-state index in [4.69, 9.17) is 0 Å². The summed E-state index contributed by atoms with van der Waals surface area (Å²) in [6.07, 6.45) is 2.47. The van der Waals surface area contributed by atoms with Gasteiger partial charge in [0.15, 0.2) is 0 Å². The van der Waals surface area contributed by atoms with Gasteiger partial charge in [-0.2, -0.15) is 0 Å². The van der Waals surface area contributed by atoms with E-state index >= 15 is 0 Å². The van der Waals surface area contributed by atoms with E-state index in [0.717, 1.165) is 18.4 Å². The van der Waals surface area contributed by atoms with Crippen molar-refractivity contribution in [2.75, 3.05) is 27.2 Å². The number of likely N-dealkylation sites (N-methyl/N-ethyl adjacent to an activating group) is 2. The standard InChI is InChI=1S/C17H28N2/c1-14(2)10-16-12-19(4)17(13-18(16)3)11-15-8-6-5-7-9-15/h5-9,14,16-17H,10-13H2,1-4H3/t16-,17-/m0/s1. The fourth-order valence-corrected chi connectivity index (χ4v) is 3.15. The van der Waals surface area contributed by atoms with E-state index in [1.165, 1.54) is 25.1 Å². The Morgan fingerprint density at radius 3 is 2.21 bits per heavy atom. The van der Waals surface area contributed by atoms with Gasteiger partial charge in [0, 0.05) is 25.2 Å². The van der Waals surface area contributed by atoms with Gasteiger partial charge in [0.2, 0.25) is 0 Å². The van der Waals surface area contributed by atoms with Crippen molar-refractivity contribution in [3.63, 3.8) is 0 Å². The van der Waals surface area contributed by atoms with Crippen LogP contribution in [-0.2, 0) is 6.42 Å². The highest BCUT2D eigenvalue weighted by Gasteiger charge is 2.29. The molecule has 2 heteroatoms. The van der Waals surface area contributed by atoms with Crippen LogP contribution in [0.15, 0.2) is 30.3 Å². The first-order valence-corrected chi connectivity index (χ1v) is 7.50. The third kappa shape index (κ3) is 4.05. The lowest BCUT2D eigenvalue weighted by atomic mass is 9.96. The number of hydrogen-bond donors (Lipinski definition) is 0. The first-order valence-electron chi connectivity index (χ1n) is 7.50. The van der Waals surface area contributed by atoms with Crippen molar-refractivity contribution in [3.05, 3.63) is 35.9 Å². The lowest BCUT2D eigenvalue weighted by Gasteiger charge is -2.44. The summed E-state index contributed by atoms with van der Waals surface area (Å²) in [7, 11) is 4.58. The zero-order valence-electron chi connectivity index (χ0n) is 12.8. The first kappa shape index (κ1) is 14.5. The topological polar surface area (TPSA) is 6.48 Å². The molecular weight excluding hydrogens is 232 g/mol. The summed E-state index contributed by atoms with van der Waals surface area (Å²) >= 11 is 0. The van der Waals surface area contributed by atoms with Crippen LogP contribution in [0.4, 0.5) is 0 Å². The van der Waals surface area contributed by atoms with E-state index in [1.807, 2.05) is 0 Å². The molecule has 1 aromatic rings. The van der Waals surface area contributed by atoms with Gasteiger partial charge in [0.1, 0.15) is 0 Å². The zero-order chi connectivity index (χ0) is 13.8. The van der Waals surface area contributed by atoms with Crippen molar-refractivity contribution in [1.29, 1.82) is 0 Å². The molecule has 1 saturated heterocycles. The summed E-state index contributed by atoms with van der Waals surface area (Å²) in [4.78, 5) is 5.12. The maximum absolute atomic E-state index is 2.56. The Hall–Kier alpha value is -0.860. The van der Waals surface area contributed by atoms with E-state index in [0.29, 0.717) is 6.04 Å². The molecule has 0 aromatic heterocycles. The minimum atomic E-state index is 0.649. The fourth-order valence-electron chi connectivity index (χ4n) is 3.15. The van der Waals surface area contributed by atoms with Gasteiger partial charge in [0.25, 0.3) is 0 Å². The smallest absolute Gasteiger partial charge is 0.0261 e. The van der Waals surface area contributed by atoms with E-state index in [2.05, 4.69) is 68.1 Å². The van der Waals surface area contributed by atoms with Crippen LogP contribution in [0.3, 0.4) is 0 Å². The molecule has 106 valence electrons. The molecule has 0 spiro atoms. The SMILES string of the molecule is CC(C)C[C@H]1CN(C)[C@@H](Cc2ccccc2)CN1C. The second-order valence-electron chi connectivity index (χ2n) is 6.51. The summed E-state index contributed by atoms with van der Waals surface area (Å²) in [6, 6.07) is 12.2. The van der Waals surface area contributed by atoms with Crippen molar-refractivity contribution in [2.24, 2.45) is 5.92 Å². The van der Waals surface area contributed by atoms with Crippen molar-refractivity contribution >= 4 is 0 Å². The third-order valence-electron chi connectivity index (χ3n) is 4.30. The Morgan fingerprint density at radius 2 is 1.58 bits per heavy atom. The van der Waals surface area contributed by atoms with Gasteiger partial charge < -0.3 is 9.80 Å². The highest BCUT2D eigenvalue weighted by Crippen LogP contribution is 2.20. The average Bonchev–Trinajstić information content (AvgIpc) is 2.36. The fraction of sp³-hybridized carbons (Fsp3) is 0.647. The van der Waals surface area contributed by atoms with Gasteiger partial charge in [-0.25, -0.2) is 0 Å². The maximum Gasteiger partial charge on any atom is 0.0261 e. The molecule has 0 amide bonds. The second kappa shape index (κ2) is 6.53. The largest absolute Gasteiger partial charge is 0.301 e. The lowest BCUT2D eigenvalue weighted by molar-refractivity contribution is 0.0533. The zero-order valence-corrected chi connectivity index (χ0v) is 12.8. The molecule has 0 saturated carbocycles. The van der Waals surface area contributed by atoms with Crippen LogP contribution in [0, 0.1) is 5.92 Å². The Balaban J connectivity index is 1.94. The van der Waals surface area contributed by atoms with Crippen LogP contribution in [0.5, 0.6) is 0 Å². The van der Waals surface area contributed by atoms with E-state index in [1.54, 1.807) is 0 Å². The normalized spacial score (nSPS) is 25.9. The van der Waals surface area contributed by atoms with Gasteiger partial charge in [-0.1, -0.05) is 44.2 Å². The molecule has 0 unspecified atom stereocenters. The van der Waals surface area contributed by atoms with Gasteiger partial charge in [-0.3, -0.25) is 0 Å². The molecule has 2 rings (SSSR count). The Labute approximate surface area is 118 Å². The maximum atomic E-state index is 2.56. The lowest BCUT2D eigenvalue weighted by Crippen LogP contribution is -2.56. The van der Waals surface area contributed by atoms with Crippen LogP contribution in [-0.4, -0.2) is 49.1 Å². The summed E-state index contributed by atoms with van der Waals surface area (Å²) in [5.41, 5.74) is 1.45. The van der Waals surface area contributed by atoms with Gasteiger partial charge >= 0.3 is 0 Å². The quantitative estimate of drug-likeness (QED) is 0.821. The molecule has 0 N–H and O–H groups in total. The molecule has 1 aliphatic rings. The minimum absolute atomic E-state index is 0.649. The van der Waals surface area contributed by atoms with E-state index in [-0.39, 0.29) is 0 Å². The number of piperazine rings is 1. The molecule has 0 radical (unpaired) electrons. The summed E-state index contributed by atoms with van der Waals surface area (Å²) in [5.74, 6) is 0.784. The molecule has 1 heterocycles. The average molecular weight is 260 g/mol. The molecule has 0 bridgehead atoms. The van der Waals surface area contributed by atoms with Crippen molar-refractivity contribution < 1.29 is 0 Å². The molecule has 0 aliphatic carbocycles. The number of benzene rings is 1. The molecule has 19 heavy (non-hydrogen) atoms. The molecule has 1 aromatic carbocycles. The molecule has 1 fully saturated rings. The predicted molar refractivity (Wildman–Crippen MR) is 82.4 cm³/mol. The van der Waals surface area contributed by atoms with Gasteiger partial charge in [0.05, 0.1) is 0 Å². The van der Waals surface area contributed by atoms with Crippen LogP contribution in [0.1, 0.15) is 25.8 Å². The predicted octanol–water partition coefficient (Wildman–Crippen LogP) is 2.89. The number of rotatable bonds is 4. The van der Waals surface area contributed by atoms with E-state index < -0.39 is 0 Å². The highest BCUT2D eigenvalue weighted by atomic mass is 15.3. The molecular formula is C17H28N2. The summed E-state index contributed by atoms with van der Waals surface area (Å²) in [6.45, 7) is 7.03. The van der Waals surface area contributed by atoms with Crippen LogP contribution in [0.2, 0.25) is 0 Å². The van der Waals surface area contributed by atoms with Gasteiger partial charge in [-0.15, -0.1) is 0 Å². The summed E-state index contributed by atoms with van der Waals surface area (Å²) < 4.78 is 0. The summed E-state index contributed by atoms with van der Waals surface area (Å²) in [5, 5.41) is 0. The second-order valence-corrected chi connectivity index (χ2v) is 6.51. The van der Waals surface area contributed by atoms with E-state index in [9.17, 15) is 0 Å². The molecule has 1 aliphatic heterocycles. The van der Waals surface area contributed by atoms with Crippen LogP contribution >= 0.6 is 0 Å². The Morgan fingerprint density at radius 1 is 1.00 bits per heavy atom. The Kier molecular flexibility index (Phi) is 5.00. The molecule has 2 nitrogen and oxygen atoms in total. The number of nitrogens with zero attached hydrogens (tertiary/aromatic N) is 2. The Bertz CT molecular complexity index is 374. The van der Waals surface area contributed by atoms with Crippen molar-refractivity contribution in [2.45, 2.75) is 38.8 Å². The number of hydrogen-bond acceptors (Lipinski definition) is 2. The first-order chi connectivity index (χ1) is 9.06. The van der Waals surface area contributed by atoms with Crippen molar-refractivity contribution in [1.82, 2.24) is 9.80 Å². The van der Waals surface area contributed by atoms with Gasteiger partial charge in [-0.05, 0) is 38.4 Å². The van der Waals surface area contributed by atoms with Crippen LogP contribution in [0.25, 0.3) is 0 Å². The molecule has 2 atom stereocenters. The third-order valence-corrected chi connectivity index (χ3v) is 4.30. The van der Waals surface area contributed by atoms with Crippen molar-refractivity contribution in [3.8, 4) is 0 Å². The highest BCUT2D eigenvalue weighted by molar-refractivity contribution is 5.16. The minimum Gasteiger partial charge on any atom is -0.301 e. The monoisotopic (exact) mass is 260 g/mol.